The summed E-state index contributed by atoms with van der Waals surface area (Å²) in [6.07, 6.45) is 84.1. The zero-order chi connectivity index (χ0) is 53.6. The van der Waals surface area contributed by atoms with Gasteiger partial charge in [0.15, 0.2) is 6.10 Å². The number of ether oxygens (including phenoxy) is 3. The van der Waals surface area contributed by atoms with Crippen molar-refractivity contribution in [2.75, 3.05) is 13.2 Å². The van der Waals surface area contributed by atoms with Crippen molar-refractivity contribution in [1.82, 2.24) is 0 Å². The van der Waals surface area contributed by atoms with Crippen molar-refractivity contribution in [2.45, 2.75) is 290 Å². The lowest BCUT2D eigenvalue weighted by Crippen LogP contribution is -2.30. The van der Waals surface area contributed by atoms with Gasteiger partial charge in [0, 0.05) is 19.3 Å². The van der Waals surface area contributed by atoms with Gasteiger partial charge in [-0.1, -0.05) is 259 Å². The molecule has 0 aliphatic rings. The van der Waals surface area contributed by atoms with Gasteiger partial charge in [0.25, 0.3) is 0 Å². The van der Waals surface area contributed by atoms with Crippen LogP contribution in [0.3, 0.4) is 0 Å². The smallest absolute Gasteiger partial charge is 0.306 e. The van der Waals surface area contributed by atoms with Crippen molar-refractivity contribution < 1.29 is 28.6 Å². The lowest BCUT2D eigenvalue weighted by atomic mass is 10.0. The van der Waals surface area contributed by atoms with Crippen LogP contribution in [0.5, 0.6) is 0 Å². The molecule has 0 aliphatic carbocycles. The summed E-state index contributed by atoms with van der Waals surface area (Å²) in [7, 11) is 0. The second-order valence-corrected chi connectivity index (χ2v) is 20.2. The number of esters is 3. The number of allylic oxidation sites excluding steroid dienone is 18. The van der Waals surface area contributed by atoms with E-state index in [-0.39, 0.29) is 37.5 Å². The summed E-state index contributed by atoms with van der Waals surface area (Å²) in [6.45, 7) is 6.32. The summed E-state index contributed by atoms with van der Waals surface area (Å²) >= 11 is 0. The molecule has 0 saturated carbocycles. The molecule has 6 nitrogen and oxygen atoms in total. The van der Waals surface area contributed by atoms with Gasteiger partial charge in [0.05, 0.1) is 0 Å². The molecule has 0 aromatic rings. The number of unbranched alkanes of at least 4 members (excludes halogenated alkanes) is 26. The Balaban J connectivity index is 4.15. The van der Waals surface area contributed by atoms with Crippen LogP contribution in [-0.2, 0) is 28.6 Å². The molecular formula is C68H114O6. The zero-order valence-corrected chi connectivity index (χ0v) is 48.3. The third-order valence-electron chi connectivity index (χ3n) is 13.0. The van der Waals surface area contributed by atoms with Crippen LogP contribution in [0.25, 0.3) is 0 Å². The van der Waals surface area contributed by atoms with Gasteiger partial charge >= 0.3 is 17.9 Å². The van der Waals surface area contributed by atoms with Gasteiger partial charge < -0.3 is 14.2 Å². The lowest BCUT2D eigenvalue weighted by Gasteiger charge is -2.18. The van der Waals surface area contributed by atoms with Gasteiger partial charge in [-0.05, 0) is 116 Å². The topological polar surface area (TPSA) is 78.9 Å². The summed E-state index contributed by atoms with van der Waals surface area (Å²) < 4.78 is 16.8. The van der Waals surface area contributed by atoms with E-state index in [4.69, 9.17) is 14.2 Å². The molecule has 0 radical (unpaired) electrons. The molecule has 0 aromatic carbocycles. The summed E-state index contributed by atoms with van der Waals surface area (Å²) in [4.78, 5) is 38.1. The highest BCUT2D eigenvalue weighted by Gasteiger charge is 2.19. The molecule has 1 atom stereocenters. The van der Waals surface area contributed by atoms with Gasteiger partial charge in [0.1, 0.15) is 13.2 Å². The fourth-order valence-electron chi connectivity index (χ4n) is 8.43. The van der Waals surface area contributed by atoms with E-state index in [9.17, 15) is 14.4 Å². The van der Waals surface area contributed by atoms with Gasteiger partial charge in [-0.25, -0.2) is 0 Å². The molecule has 422 valence electrons. The average molecular weight is 1030 g/mol. The highest BCUT2D eigenvalue weighted by Crippen LogP contribution is 2.16. The van der Waals surface area contributed by atoms with Crippen molar-refractivity contribution in [1.29, 1.82) is 0 Å². The summed E-state index contributed by atoms with van der Waals surface area (Å²) in [5, 5.41) is 0. The molecule has 0 N–H and O–H groups in total. The molecule has 0 spiro atoms. The maximum absolute atomic E-state index is 12.8. The minimum absolute atomic E-state index is 0.0961. The third-order valence-corrected chi connectivity index (χ3v) is 13.0. The van der Waals surface area contributed by atoms with Crippen LogP contribution in [0.4, 0.5) is 0 Å². The molecule has 0 fully saturated rings. The first-order chi connectivity index (χ1) is 36.5. The summed E-state index contributed by atoms with van der Waals surface area (Å²) in [5.41, 5.74) is 0. The normalized spacial score (nSPS) is 12.9. The molecule has 0 rings (SSSR count). The van der Waals surface area contributed by atoms with E-state index >= 15 is 0 Å². The van der Waals surface area contributed by atoms with E-state index < -0.39 is 6.10 Å². The van der Waals surface area contributed by atoms with Crippen LogP contribution in [-0.4, -0.2) is 37.2 Å². The summed E-state index contributed by atoms with van der Waals surface area (Å²) in [5.74, 6) is -0.945. The number of hydrogen-bond donors (Lipinski definition) is 0. The number of rotatable bonds is 55. The van der Waals surface area contributed by atoms with Crippen molar-refractivity contribution in [3.8, 4) is 0 Å². The number of carbonyl (C=O) groups excluding carboxylic acids is 3. The minimum Gasteiger partial charge on any atom is -0.462 e. The molecule has 0 heterocycles. The minimum atomic E-state index is -0.802. The first kappa shape index (κ1) is 70.1. The monoisotopic (exact) mass is 1030 g/mol. The average Bonchev–Trinajstić information content (AvgIpc) is 3.40. The Morgan fingerprint density at radius 1 is 0.284 bits per heavy atom. The van der Waals surface area contributed by atoms with Crippen molar-refractivity contribution in [2.24, 2.45) is 0 Å². The van der Waals surface area contributed by atoms with Crippen LogP contribution in [0.15, 0.2) is 109 Å². The Bertz CT molecular complexity index is 1510. The molecule has 1 unspecified atom stereocenters. The fourth-order valence-corrected chi connectivity index (χ4v) is 8.43. The predicted molar refractivity (Wildman–Crippen MR) is 320 cm³/mol. The molecule has 6 heteroatoms. The molecule has 0 aliphatic heterocycles. The predicted octanol–water partition coefficient (Wildman–Crippen LogP) is 21.0. The maximum Gasteiger partial charge on any atom is 0.306 e. The Kier molecular flexibility index (Phi) is 58.3. The lowest BCUT2D eigenvalue weighted by molar-refractivity contribution is -0.167. The highest BCUT2D eigenvalue weighted by atomic mass is 16.6. The summed E-state index contributed by atoms with van der Waals surface area (Å²) in [6, 6.07) is 0. The van der Waals surface area contributed by atoms with Crippen LogP contribution >= 0.6 is 0 Å². The standard InChI is InChI=1S/C68H114O6/c1-4-7-10-13-16-19-22-24-26-27-28-29-30-31-32-33-34-35-36-37-38-39-40-41-43-44-46-49-52-55-58-61-67(70)73-64-65(63-72-66(69)60-57-54-51-48-21-18-15-12-9-6-3)74-68(71)62-59-56-53-50-47-45-42-25-23-20-17-14-11-8-5-2/h7-8,10-12,15-17,19-20,24-26,28-29,42,47,50,65H,4-6,9,13-14,18,21-23,27,30-41,43-46,48-49,51-64H2,1-3H3/b10-7-,11-8-,15-12-,19-16-,20-17-,26-24-,29-28-,42-25-,50-47-. The van der Waals surface area contributed by atoms with Gasteiger partial charge in [-0.2, -0.15) is 0 Å². The Morgan fingerprint density at radius 2 is 0.527 bits per heavy atom. The molecule has 0 bridgehead atoms. The van der Waals surface area contributed by atoms with E-state index in [0.717, 1.165) is 122 Å². The first-order valence-electron chi connectivity index (χ1n) is 30.9. The van der Waals surface area contributed by atoms with Crippen LogP contribution < -0.4 is 0 Å². The Hall–Kier alpha value is -3.93. The van der Waals surface area contributed by atoms with Crippen molar-refractivity contribution in [3.05, 3.63) is 109 Å². The van der Waals surface area contributed by atoms with Gasteiger partial charge in [-0.15, -0.1) is 0 Å². The second kappa shape index (κ2) is 61.6. The van der Waals surface area contributed by atoms with Crippen molar-refractivity contribution >= 4 is 17.9 Å². The van der Waals surface area contributed by atoms with Crippen LogP contribution in [0.1, 0.15) is 284 Å². The zero-order valence-electron chi connectivity index (χ0n) is 48.3. The maximum atomic E-state index is 12.8. The van der Waals surface area contributed by atoms with E-state index in [1.54, 1.807) is 0 Å². The number of carbonyl (C=O) groups is 3. The molecular weight excluding hydrogens is 913 g/mol. The van der Waals surface area contributed by atoms with E-state index in [1.807, 2.05) is 0 Å². The first-order valence-corrected chi connectivity index (χ1v) is 30.9. The number of hydrogen-bond acceptors (Lipinski definition) is 6. The van der Waals surface area contributed by atoms with Crippen LogP contribution in [0, 0.1) is 0 Å². The van der Waals surface area contributed by atoms with Gasteiger partial charge in [-0.3, -0.25) is 14.4 Å². The molecule has 0 aromatic heterocycles. The van der Waals surface area contributed by atoms with Crippen LogP contribution in [0.2, 0.25) is 0 Å². The largest absolute Gasteiger partial charge is 0.462 e. The van der Waals surface area contributed by atoms with Crippen molar-refractivity contribution in [3.63, 3.8) is 0 Å². The van der Waals surface area contributed by atoms with E-state index in [1.165, 1.54) is 116 Å². The van der Waals surface area contributed by atoms with E-state index in [2.05, 4.69) is 130 Å². The molecule has 74 heavy (non-hydrogen) atoms. The molecule has 0 amide bonds. The molecule has 0 saturated heterocycles. The Morgan fingerprint density at radius 3 is 0.865 bits per heavy atom. The Labute approximate surface area is 457 Å². The SMILES string of the molecule is CC/C=C\C/C=C\C/C=C\C/C=C\CCCCCCCCCCCCCCCCCCCCC(=O)OCC(COC(=O)CCCCCCC/C=C\CCC)OC(=O)CCCC/C=C\C/C=C\C/C=C\C/C=C\CC. The quantitative estimate of drug-likeness (QED) is 0.0261. The highest BCUT2D eigenvalue weighted by molar-refractivity contribution is 5.71. The van der Waals surface area contributed by atoms with Gasteiger partial charge in [0.2, 0.25) is 0 Å². The fraction of sp³-hybridized carbons (Fsp3) is 0.691. The van der Waals surface area contributed by atoms with E-state index in [0.29, 0.717) is 19.3 Å². The third kappa shape index (κ3) is 59.0. The second-order valence-electron chi connectivity index (χ2n) is 20.2.